The van der Waals surface area contributed by atoms with Gasteiger partial charge in [-0.1, -0.05) is 6.92 Å². The summed E-state index contributed by atoms with van der Waals surface area (Å²) in [5.74, 6) is -1.21. The molecule has 1 atom stereocenters. The van der Waals surface area contributed by atoms with Crippen molar-refractivity contribution in [1.29, 1.82) is 0 Å². The monoisotopic (exact) mass is 284 g/mol. The van der Waals surface area contributed by atoms with Crippen molar-refractivity contribution in [2.45, 2.75) is 45.6 Å². The molecule has 112 valence electrons. The standard InChI is InChI=1S/C13H20N2O5/c1-4-13(3)11(18)15(12(19)14-13)8-9(16)6-7-10(17)20-5-2/h4-8H2,1-3H3,(H,14,19). The Morgan fingerprint density at radius 3 is 2.40 bits per heavy atom. The minimum Gasteiger partial charge on any atom is -0.466 e. The number of hydrogen-bond donors (Lipinski definition) is 1. The second-order valence-corrected chi connectivity index (χ2v) is 4.85. The highest BCUT2D eigenvalue weighted by atomic mass is 16.5. The van der Waals surface area contributed by atoms with Crippen molar-refractivity contribution in [2.75, 3.05) is 13.2 Å². The average Bonchev–Trinajstić information content (AvgIpc) is 2.61. The highest BCUT2D eigenvalue weighted by Crippen LogP contribution is 2.20. The lowest BCUT2D eigenvalue weighted by Gasteiger charge is -2.18. The Kier molecular flexibility index (Phi) is 5.24. The van der Waals surface area contributed by atoms with E-state index in [4.69, 9.17) is 4.74 Å². The number of nitrogens with one attached hydrogen (secondary N) is 1. The largest absolute Gasteiger partial charge is 0.466 e. The van der Waals surface area contributed by atoms with Crippen LogP contribution in [0.4, 0.5) is 4.79 Å². The highest BCUT2D eigenvalue weighted by Gasteiger charge is 2.46. The van der Waals surface area contributed by atoms with Crippen LogP contribution < -0.4 is 5.32 Å². The van der Waals surface area contributed by atoms with Gasteiger partial charge in [0.2, 0.25) is 0 Å². The van der Waals surface area contributed by atoms with Crippen molar-refractivity contribution in [2.24, 2.45) is 0 Å². The summed E-state index contributed by atoms with van der Waals surface area (Å²) in [6.07, 6.45) is 0.366. The Morgan fingerprint density at radius 1 is 1.25 bits per heavy atom. The second kappa shape index (κ2) is 6.49. The lowest BCUT2D eigenvalue weighted by Crippen LogP contribution is -2.43. The molecule has 0 aromatic heterocycles. The number of rotatable bonds is 7. The Morgan fingerprint density at radius 2 is 1.90 bits per heavy atom. The maximum Gasteiger partial charge on any atom is 0.325 e. The van der Waals surface area contributed by atoms with E-state index in [9.17, 15) is 19.2 Å². The van der Waals surface area contributed by atoms with Crippen molar-refractivity contribution in [3.05, 3.63) is 0 Å². The molecule has 0 radical (unpaired) electrons. The lowest BCUT2D eigenvalue weighted by molar-refractivity contribution is -0.144. The first-order valence-electron chi connectivity index (χ1n) is 6.65. The third-order valence-electron chi connectivity index (χ3n) is 3.30. The van der Waals surface area contributed by atoms with Crippen LogP contribution in [0.1, 0.15) is 40.0 Å². The number of urea groups is 1. The molecule has 1 aliphatic heterocycles. The second-order valence-electron chi connectivity index (χ2n) is 4.85. The van der Waals surface area contributed by atoms with Crippen LogP contribution in [0.15, 0.2) is 0 Å². The third kappa shape index (κ3) is 3.55. The number of Topliss-reactive ketones (excluding diaryl/α,β-unsaturated/α-hetero) is 1. The van der Waals surface area contributed by atoms with Crippen LogP contribution in [-0.4, -0.2) is 47.3 Å². The zero-order chi connectivity index (χ0) is 15.3. The summed E-state index contributed by atoms with van der Waals surface area (Å²) in [5, 5.41) is 2.56. The molecule has 0 spiro atoms. The van der Waals surface area contributed by atoms with Gasteiger partial charge >= 0.3 is 12.0 Å². The first kappa shape index (κ1) is 16.1. The molecule has 0 aliphatic carbocycles. The van der Waals surface area contributed by atoms with Crippen LogP contribution >= 0.6 is 0 Å². The van der Waals surface area contributed by atoms with E-state index in [1.54, 1.807) is 20.8 Å². The molecule has 7 heteroatoms. The fourth-order valence-electron chi connectivity index (χ4n) is 1.86. The van der Waals surface area contributed by atoms with E-state index >= 15 is 0 Å². The molecule has 7 nitrogen and oxygen atoms in total. The fourth-order valence-corrected chi connectivity index (χ4v) is 1.86. The summed E-state index contributed by atoms with van der Waals surface area (Å²) >= 11 is 0. The molecule has 1 heterocycles. The lowest BCUT2D eigenvalue weighted by atomic mass is 9.99. The Labute approximate surface area is 117 Å². The average molecular weight is 284 g/mol. The predicted molar refractivity (Wildman–Crippen MR) is 69.8 cm³/mol. The molecule has 1 N–H and O–H groups in total. The van der Waals surface area contributed by atoms with Crippen molar-refractivity contribution >= 4 is 23.7 Å². The molecule has 1 aliphatic rings. The molecule has 0 aromatic carbocycles. The minimum absolute atomic E-state index is 0.0403. The summed E-state index contributed by atoms with van der Waals surface area (Å²) in [5.41, 5.74) is -0.946. The van der Waals surface area contributed by atoms with Gasteiger partial charge in [-0.3, -0.25) is 19.3 Å². The molecule has 3 amide bonds. The number of hydrogen-bond acceptors (Lipinski definition) is 5. The molecule has 0 saturated carbocycles. The normalized spacial score (nSPS) is 21.9. The maximum atomic E-state index is 12.0. The first-order valence-corrected chi connectivity index (χ1v) is 6.65. The van der Waals surface area contributed by atoms with Gasteiger partial charge in [0.15, 0.2) is 5.78 Å². The first-order chi connectivity index (χ1) is 9.34. The van der Waals surface area contributed by atoms with Crippen molar-refractivity contribution in [3.63, 3.8) is 0 Å². The van der Waals surface area contributed by atoms with E-state index in [-0.39, 0.29) is 31.8 Å². The number of ether oxygens (including phenoxy) is 1. The van der Waals surface area contributed by atoms with E-state index < -0.39 is 23.4 Å². The van der Waals surface area contributed by atoms with E-state index in [0.717, 1.165) is 4.90 Å². The van der Waals surface area contributed by atoms with Crippen LogP contribution in [-0.2, 0) is 19.1 Å². The molecule has 0 aromatic rings. The summed E-state index contributed by atoms with van der Waals surface area (Å²) < 4.78 is 4.70. The van der Waals surface area contributed by atoms with Crippen LogP contribution in [0, 0.1) is 0 Å². The quantitative estimate of drug-likeness (QED) is 0.546. The molecule has 20 heavy (non-hydrogen) atoms. The van der Waals surface area contributed by atoms with Gasteiger partial charge in [0.05, 0.1) is 19.6 Å². The van der Waals surface area contributed by atoms with Crippen LogP contribution in [0.5, 0.6) is 0 Å². The minimum atomic E-state index is -0.946. The Balaban J connectivity index is 2.52. The van der Waals surface area contributed by atoms with E-state index in [2.05, 4.69) is 5.32 Å². The number of ketones is 1. The summed E-state index contributed by atoms with van der Waals surface area (Å²) in [6.45, 7) is 5.04. The van der Waals surface area contributed by atoms with Gasteiger partial charge in [-0.25, -0.2) is 4.79 Å². The Hall–Kier alpha value is -1.92. The zero-order valence-electron chi connectivity index (χ0n) is 12.0. The molecule has 1 saturated heterocycles. The summed E-state index contributed by atoms with van der Waals surface area (Å²) in [4.78, 5) is 47.5. The smallest absolute Gasteiger partial charge is 0.325 e. The number of amides is 3. The SMILES string of the molecule is CCOC(=O)CCC(=O)CN1C(=O)NC(C)(CC)C1=O. The Bertz CT molecular complexity index is 434. The number of carbonyl (C=O) groups is 4. The van der Waals surface area contributed by atoms with Gasteiger partial charge in [0, 0.05) is 6.42 Å². The van der Waals surface area contributed by atoms with Crippen LogP contribution in [0.25, 0.3) is 0 Å². The van der Waals surface area contributed by atoms with Gasteiger partial charge in [0.1, 0.15) is 5.54 Å². The fraction of sp³-hybridized carbons (Fsp3) is 0.692. The van der Waals surface area contributed by atoms with Gasteiger partial charge in [-0.15, -0.1) is 0 Å². The third-order valence-corrected chi connectivity index (χ3v) is 3.30. The van der Waals surface area contributed by atoms with Crippen LogP contribution in [0.3, 0.4) is 0 Å². The van der Waals surface area contributed by atoms with E-state index in [0.29, 0.717) is 6.42 Å². The summed E-state index contributed by atoms with van der Waals surface area (Å²) in [6, 6.07) is -0.566. The van der Waals surface area contributed by atoms with Crippen molar-refractivity contribution in [1.82, 2.24) is 10.2 Å². The molecular formula is C13H20N2O5. The number of carbonyl (C=O) groups excluding carboxylic acids is 4. The predicted octanol–water partition coefficient (Wildman–Crippen LogP) is 0.619. The van der Waals surface area contributed by atoms with Crippen molar-refractivity contribution in [3.8, 4) is 0 Å². The molecule has 1 unspecified atom stereocenters. The van der Waals surface area contributed by atoms with Crippen molar-refractivity contribution < 1.29 is 23.9 Å². The topological polar surface area (TPSA) is 92.8 Å². The summed E-state index contributed by atoms with van der Waals surface area (Å²) in [7, 11) is 0. The zero-order valence-corrected chi connectivity index (χ0v) is 12.0. The number of nitrogens with zero attached hydrogens (tertiary/aromatic N) is 1. The number of imide groups is 1. The van der Waals surface area contributed by atoms with E-state index in [1.807, 2.05) is 0 Å². The van der Waals surface area contributed by atoms with E-state index in [1.165, 1.54) is 0 Å². The van der Waals surface area contributed by atoms with Gasteiger partial charge < -0.3 is 10.1 Å². The molecule has 0 bridgehead atoms. The van der Waals surface area contributed by atoms with Gasteiger partial charge in [-0.05, 0) is 20.3 Å². The van der Waals surface area contributed by atoms with Gasteiger partial charge in [0.25, 0.3) is 5.91 Å². The maximum absolute atomic E-state index is 12.0. The van der Waals surface area contributed by atoms with Gasteiger partial charge in [-0.2, -0.15) is 0 Å². The van der Waals surface area contributed by atoms with Crippen LogP contribution in [0.2, 0.25) is 0 Å². The molecular weight excluding hydrogens is 264 g/mol. The molecule has 1 rings (SSSR count). The molecule has 1 fully saturated rings. The highest BCUT2D eigenvalue weighted by molar-refractivity contribution is 6.09. The number of esters is 1.